The average Bonchev–Trinajstić information content (AvgIpc) is 2.75. The average molecular weight is 536 g/mol. The smallest absolute Gasteiger partial charge is 0.264 e. The van der Waals surface area contributed by atoms with E-state index >= 15 is 0 Å². The highest BCUT2D eigenvalue weighted by atomic mass is 79.9. The molecule has 0 fully saturated rings. The maximum Gasteiger partial charge on any atom is 0.264 e. The summed E-state index contributed by atoms with van der Waals surface area (Å²) in [6.45, 7) is 5.62. The van der Waals surface area contributed by atoms with Crippen LogP contribution in [0.4, 0.5) is 11.4 Å². The van der Waals surface area contributed by atoms with Crippen LogP contribution in [-0.4, -0.2) is 20.9 Å². The molecule has 0 unspecified atom stereocenters. The van der Waals surface area contributed by atoms with E-state index < -0.39 is 15.9 Å². The predicted molar refractivity (Wildman–Crippen MR) is 134 cm³/mol. The number of rotatable bonds is 7. The molecule has 0 spiro atoms. The minimum atomic E-state index is -3.97. The molecule has 0 aliphatic rings. The second-order valence-corrected chi connectivity index (χ2v) is 10.9. The summed E-state index contributed by atoms with van der Waals surface area (Å²) in [4.78, 5) is 12.9. The van der Waals surface area contributed by atoms with Crippen molar-refractivity contribution in [3.8, 4) is 0 Å². The molecule has 8 heteroatoms. The Balaban J connectivity index is 1.94. The number of aryl methyl sites for hydroxylation is 1. The van der Waals surface area contributed by atoms with Crippen LogP contribution in [0.15, 0.2) is 76.1 Å². The van der Waals surface area contributed by atoms with E-state index in [0.29, 0.717) is 26.8 Å². The molecule has 1 N–H and O–H groups in total. The van der Waals surface area contributed by atoms with E-state index in [4.69, 9.17) is 11.6 Å². The van der Waals surface area contributed by atoms with E-state index in [2.05, 4.69) is 35.1 Å². The lowest BCUT2D eigenvalue weighted by atomic mass is 10.0. The molecule has 168 valence electrons. The number of sulfonamides is 1. The third-order valence-electron chi connectivity index (χ3n) is 4.95. The van der Waals surface area contributed by atoms with Gasteiger partial charge in [-0.25, -0.2) is 8.42 Å². The molecule has 1 amide bonds. The highest BCUT2D eigenvalue weighted by molar-refractivity contribution is 9.10. The van der Waals surface area contributed by atoms with E-state index in [0.717, 1.165) is 15.4 Å². The maximum absolute atomic E-state index is 13.5. The van der Waals surface area contributed by atoms with Gasteiger partial charge in [-0.3, -0.25) is 9.10 Å². The summed E-state index contributed by atoms with van der Waals surface area (Å²) in [5.41, 5.74) is 2.92. The summed E-state index contributed by atoms with van der Waals surface area (Å²) in [6.07, 6.45) is 0. The van der Waals surface area contributed by atoms with Crippen molar-refractivity contribution in [3.63, 3.8) is 0 Å². The van der Waals surface area contributed by atoms with Crippen LogP contribution >= 0.6 is 27.5 Å². The topological polar surface area (TPSA) is 66.5 Å². The van der Waals surface area contributed by atoms with Gasteiger partial charge in [0.2, 0.25) is 5.91 Å². The van der Waals surface area contributed by atoms with Gasteiger partial charge in [0, 0.05) is 10.2 Å². The van der Waals surface area contributed by atoms with Crippen molar-refractivity contribution in [2.24, 2.45) is 0 Å². The molecule has 3 rings (SSSR count). The summed E-state index contributed by atoms with van der Waals surface area (Å²) < 4.78 is 28.8. The van der Waals surface area contributed by atoms with Crippen molar-refractivity contribution < 1.29 is 13.2 Å². The third kappa shape index (κ3) is 5.71. The molecular weight excluding hydrogens is 512 g/mol. The number of carbonyl (C=O) groups excluding carboxylic acids is 1. The molecule has 3 aromatic rings. The zero-order valence-corrected chi connectivity index (χ0v) is 21.1. The van der Waals surface area contributed by atoms with Crippen LogP contribution in [0, 0.1) is 6.92 Å². The Morgan fingerprint density at radius 1 is 1.03 bits per heavy atom. The maximum atomic E-state index is 13.5. The van der Waals surface area contributed by atoms with Gasteiger partial charge in [0.1, 0.15) is 6.54 Å². The Kier molecular flexibility index (Phi) is 7.64. The zero-order chi connectivity index (χ0) is 23.5. The van der Waals surface area contributed by atoms with Crippen molar-refractivity contribution >= 4 is 54.8 Å². The molecule has 0 aromatic heterocycles. The first kappa shape index (κ1) is 24.3. The normalized spacial score (nSPS) is 11.4. The van der Waals surface area contributed by atoms with Crippen LogP contribution in [0.25, 0.3) is 0 Å². The molecule has 0 saturated heterocycles. The van der Waals surface area contributed by atoms with E-state index in [1.54, 1.807) is 54.6 Å². The van der Waals surface area contributed by atoms with Crippen molar-refractivity contribution in [2.75, 3.05) is 16.2 Å². The van der Waals surface area contributed by atoms with Gasteiger partial charge in [0.05, 0.1) is 15.6 Å². The van der Waals surface area contributed by atoms with E-state index in [9.17, 15) is 13.2 Å². The fraction of sp³-hybridized carbons (Fsp3) is 0.208. The Bertz CT molecular complexity index is 1210. The van der Waals surface area contributed by atoms with Gasteiger partial charge < -0.3 is 5.32 Å². The van der Waals surface area contributed by atoms with E-state index in [-0.39, 0.29) is 11.4 Å². The van der Waals surface area contributed by atoms with Gasteiger partial charge in [0.25, 0.3) is 10.0 Å². The lowest BCUT2D eigenvalue weighted by Gasteiger charge is -2.24. The summed E-state index contributed by atoms with van der Waals surface area (Å²) in [6, 6.07) is 18.8. The first-order chi connectivity index (χ1) is 15.1. The van der Waals surface area contributed by atoms with Crippen molar-refractivity contribution in [1.29, 1.82) is 0 Å². The lowest BCUT2D eigenvalue weighted by Crippen LogP contribution is -2.38. The highest BCUT2D eigenvalue weighted by Gasteiger charge is 2.27. The van der Waals surface area contributed by atoms with E-state index in [1.807, 2.05) is 19.1 Å². The summed E-state index contributed by atoms with van der Waals surface area (Å²) in [5.74, 6) is -0.177. The summed E-state index contributed by atoms with van der Waals surface area (Å²) in [5, 5.41) is 3.16. The van der Waals surface area contributed by atoms with Crippen molar-refractivity contribution in [3.05, 3.63) is 87.4 Å². The number of benzene rings is 3. The van der Waals surface area contributed by atoms with Gasteiger partial charge in [-0.05, 0) is 76.8 Å². The molecule has 0 radical (unpaired) electrons. The minimum Gasteiger partial charge on any atom is -0.324 e. The molecule has 5 nitrogen and oxygen atoms in total. The number of hydrogen-bond donors (Lipinski definition) is 1. The monoisotopic (exact) mass is 534 g/mol. The summed E-state index contributed by atoms with van der Waals surface area (Å²) >= 11 is 9.41. The zero-order valence-electron chi connectivity index (χ0n) is 18.0. The van der Waals surface area contributed by atoms with Gasteiger partial charge in [0.15, 0.2) is 0 Å². The fourth-order valence-corrected chi connectivity index (χ4v) is 4.93. The number of halogens is 2. The fourth-order valence-electron chi connectivity index (χ4n) is 3.08. The number of amides is 1. The molecule has 0 aliphatic carbocycles. The van der Waals surface area contributed by atoms with Crippen LogP contribution in [-0.2, 0) is 14.8 Å². The first-order valence-corrected chi connectivity index (χ1v) is 12.6. The second-order valence-electron chi connectivity index (χ2n) is 7.75. The largest absolute Gasteiger partial charge is 0.324 e. The minimum absolute atomic E-state index is 0.121. The molecule has 32 heavy (non-hydrogen) atoms. The van der Waals surface area contributed by atoms with Crippen molar-refractivity contribution in [1.82, 2.24) is 0 Å². The van der Waals surface area contributed by atoms with Crippen LogP contribution in [0.2, 0.25) is 5.02 Å². The number of nitrogens with zero attached hydrogens (tertiary/aromatic N) is 1. The molecule has 0 bridgehead atoms. The number of nitrogens with one attached hydrogen (secondary N) is 1. The third-order valence-corrected chi connectivity index (χ3v) is 7.97. The standard InChI is InChI=1S/C24H24BrClN2O3S/c1-16(2)18-6-9-20(10-7-18)28(32(30,31)21-11-4-17(3)5-12-21)15-24(29)27-19-8-13-22(25)23(26)14-19/h4-14,16H,15H2,1-3H3,(H,27,29). The van der Waals surface area contributed by atoms with Gasteiger partial charge in [-0.2, -0.15) is 0 Å². The molecule has 0 aliphatic heterocycles. The van der Waals surface area contributed by atoms with Crippen LogP contribution in [0.3, 0.4) is 0 Å². The Labute approximate surface area is 202 Å². The van der Waals surface area contributed by atoms with Crippen LogP contribution < -0.4 is 9.62 Å². The summed E-state index contributed by atoms with van der Waals surface area (Å²) in [7, 11) is -3.97. The van der Waals surface area contributed by atoms with Gasteiger partial charge in [-0.15, -0.1) is 0 Å². The SMILES string of the molecule is Cc1ccc(S(=O)(=O)N(CC(=O)Nc2ccc(Br)c(Cl)c2)c2ccc(C(C)C)cc2)cc1. The molecule has 0 atom stereocenters. The number of hydrogen-bond acceptors (Lipinski definition) is 3. The predicted octanol–water partition coefficient (Wildman–Crippen LogP) is 6.37. The molecule has 3 aromatic carbocycles. The van der Waals surface area contributed by atoms with E-state index in [1.165, 1.54) is 0 Å². The Hall–Kier alpha value is -2.35. The Morgan fingerprint density at radius 2 is 1.66 bits per heavy atom. The van der Waals surface area contributed by atoms with Gasteiger partial charge in [-0.1, -0.05) is 55.3 Å². The second kappa shape index (κ2) is 10.1. The lowest BCUT2D eigenvalue weighted by molar-refractivity contribution is -0.114. The number of carbonyl (C=O) groups is 1. The molecule has 0 heterocycles. The van der Waals surface area contributed by atoms with Crippen LogP contribution in [0.5, 0.6) is 0 Å². The van der Waals surface area contributed by atoms with Gasteiger partial charge >= 0.3 is 0 Å². The molecule has 0 saturated carbocycles. The quantitative estimate of drug-likeness (QED) is 0.382. The molecular formula is C24H24BrClN2O3S. The highest BCUT2D eigenvalue weighted by Crippen LogP contribution is 2.28. The Morgan fingerprint density at radius 3 is 2.22 bits per heavy atom. The number of anilines is 2. The van der Waals surface area contributed by atoms with Crippen LogP contribution in [0.1, 0.15) is 30.9 Å². The van der Waals surface area contributed by atoms with Crippen molar-refractivity contribution in [2.45, 2.75) is 31.6 Å². The first-order valence-electron chi connectivity index (χ1n) is 10.0.